The van der Waals surface area contributed by atoms with Gasteiger partial charge in [-0.2, -0.15) is 0 Å². The first kappa shape index (κ1) is 8.96. The smallest absolute Gasteiger partial charge is 0.151 e. The molecule has 2 aromatic rings. The molecule has 1 aromatic carbocycles. The van der Waals surface area contributed by atoms with Gasteiger partial charge < -0.3 is 5.11 Å². The lowest BCUT2D eigenvalue weighted by atomic mass is 10.2. The number of aromatic hydroxyl groups is 1. The Labute approximate surface area is 92.3 Å². The fourth-order valence-corrected chi connectivity index (χ4v) is 2.74. The quantitative estimate of drug-likeness (QED) is 0.649. The molecule has 0 saturated carbocycles. The molecule has 0 amide bonds. The average molecular weight is 304 g/mol. The molecule has 0 bridgehead atoms. The average Bonchev–Trinajstić information content (AvgIpc) is 2.47. The molecule has 0 aliphatic rings. The van der Waals surface area contributed by atoms with Crippen molar-refractivity contribution in [3.8, 4) is 5.75 Å². The monoisotopic (exact) mass is 304 g/mol. The van der Waals surface area contributed by atoms with Crippen molar-refractivity contribution in [2.75, 3.05) is 0 Å². The Morgan fingerprint density at radius 3 is 2.92 bits per heavy atom. The van der Waals surface area contributed by atoms with Gasteiger partial charge in [-0.3, -0.25) is 4.79 Å². The third-order valence-electron chi connectivity index (χ3n) is 1.77. The number of thiophene rings is 1. The van der Waals surface area contributed by atoms with Crippen molar-refractivity contribution in [3.63, 3.8) is 0 Å². The third-order valence-corrected chi connectivity index (χ3v) is 3.43. The molecule has 0 fully saturated rings. The zero-order valence-corrected chi connectivity index (χ0v) is 9.43. The second-order valence-electron chi connectivity index (χ2n) is 2.61. The molecule has 1 N–H and O–H groups in total. The fourth-order valence-electron chi connectivity index (χ4n) is 1.20. The maximum Gasteiger partial charge on any atom is 0.151 e. The zero-order valence-electron chi connectivity index (χ0n) is 6.45. The Morgan fingerprint density at radius 2 is 2.23 bits per heavy atom. The van der Waals surface area contributed by atoms with Gasteiger partial charge in [0.1, 0.15) is 5.75 Å². The van der Waals surface area contributed by atoms with Gasteiger partial charge in [0.05, 0.1) is 0 Å². The lowest BCUT2D eigenvalue weighted by Gasteiger charge is -1.96. The summed E-state index contributed by atoms with van der Waals surface area (Å²) in [4.78, 5) is 10.7. The Bertz CT molecular complexity index is 476. The predicted molar refractivity (Wildman–Crippen MR) is 61.6 cm³/mol. The first-order chi connectivity index (χ1) is 6.22. The van der Waals surface area contributed by atoms with Gasteiger partial charge in [0, 0.05) is 24.6 Å². The van der Waals surface area contributed by atoms with Crippen LogP contribution in [0.3, 0.4) is 0 Å². The van der Waals surface area contributed by atoms with Crippen LogP contribution in [0.1, 0.15) is 10.4 Å². The van der Waals surface area contributed by atoms with Crippen LogP contribution in [0, 0.1) is 3.57 Å². The molecule has 0 unspecified atom stereocenters. The van der Waals surface area contributed by atoms with Crippen LogP contribution >= 0.6 is 33.9 Å². The van der Waals surface area contributed by atoms with E-state index in [1.807, 2.05) is 12.1 Å². The number of hydrogen-bond acceptors (Lipinski definition) is 3. The first-order valence-electron chi connectivity index (χ1n) is 3.57. The van der Waals surface area contributed by atoms with Crippen molar-refractivity contribution in [2.45, 2.75) is 0 Å². The van der Waals surface area contributed by atoms with E-state index in [1.54, 1.807) is 5.38 Å². The van der Waals surface area contributed by atoms with Crippen LogP contribution in [-0.4, -0.2) is 11.4 Å². The van der Waals surface area contributed by atoms with Crippen molar-refractivity contribution in [1.82, 2.24) is 0 Å². The van der Waals surface area contributed by atoms with Crippen LogP contribution in [0.4, 0.5) is 0 Å². The molecular weight excluding hydrogens is 299 g/mol. The molecule has 0 radical (unpaired) electrons. The molecule has 2 nitrogen and oxygen atoms in total. The maximum absolute atomic E-state index is 10.7. The molecule has 0 aliphatic heterocycles. The summed E-state index contributed by atoms with van der Waals surface area (Å²) in [5.41, 5.74) is 0.646. The summed E-state index contributed by atoms with van der Waals surface area (Å²) in [5, 5.41) is 11.9. The lowest BCUT2D eigenvalue weighted by molar-refractivity contribution is 0.112. The van der Waals surface area contributed by atoms with E-state index >= 15 is 0 Å². The number of halogens is 1. The number of fused-ring (bicyclic) bond motifs is 1. The number of benzene rings is 1. The summed E-state index contributed by atoms with van der Waals surface area (Å²) < 4.78 is 1.81. The molecule has 66 valence electrons. The van der Waals surface area contributed by atoms with Gasteiger partial charge in [0.25, 0.3) is 0 Å². The molecule has 1 heterocycles. The van der Waals surface area contributed by atoms with E-state index in [1.165, 1.54) is 11.3 Å². The number of carbonyl (C=O) groups excluding carboxylic acids is 1. The van der Waals surface area contributed by atoms with Crippen LogP contribution in [0.5, 0.6) is 5.75 Å². The van der Waals surface area contributed by atoms with Gasteiger partial charge in [-0.25, -0.2) is 0 Å². The molecule has 2 rings (SSSR count). The van der Waals surface area contributed by atoms with E-state index in [4.69, 9.17) is 0 Å². The Morgan fingerprint density at radius 1 is 1.46 bits per heavy atom. The Kier molecular flexibility index (Phi) is 2.25. The van der Waals surface area contributed by atoms with Crippen molar-refractivity contribution in [2.24, 2.45) is 0 Å². The molecular formula is C9H5IO2S. The van der Waals surface area contributed by atoms with Crippen LogP contribution in [0.15, 0.2) is 17.5 Å². The summed E-state index contributed by atoms with van der Waals surface area (Å²) in [6.45, 7) is 0. The molecule has 0 spiro atoms. The van der Waals surface area contributed by atoms with Gasteiger partial charge in [0.2, 0.25) is 0 Å². The van der Waals surface area contributed by atoms with Gasteiger partial charge in [0.15, 0.2) is 6.29 Å². The highest BCUT2D eigenvalue weighted by Gasteiger charge is 2.07. The lowest BCUT2D eigenvalue weighted by Crippen LogP contribution is -1.81. The van der Waals surface area contributed by atoms with E-state index < -0.39 is 0 Å². The normalized spacial score (nSPS) is 10.5. The van der Waals surface area contributed by atoms with Gasteiger partial charge >= 0.3 is 0 Å². The van der Waals surface area contributed by atoms with E-state index in [2.05, 4.69) is 22.6 Å². The first-order valence-corrected chi connectivity index (χ1v) is 5.53. The number of carbonyl (C=O) groups is 1. The fraction of sp³-hybridized carbons (Fsp3) is 0. The van der Waals surface area contributed by atoms with Crippen LogP contribution < -0.4 is 0 Å². The topological polar surface area (TPSA) is 37.3 Å². The highest BCUT2D eigenvalue weighted by atomic mass is 127. The van der Waals surface area contributed by atoms with Gasteiger partial charge in [-0.15, -0.1) is 11.3 Å². The van der Waals surface area contributed by atoms with Crippen molar-refractivity contribution >= 4 is 50.3 Å². The second-order valence-corrected chi connectivity index (χ2v) is 4.74. The molecule has 1 aromatic heterocycles. The third kappa shape index (κ3) is 1.44. The standard InChI is InChI=1S/C9H5IO2S/c10-6-1-5(3-11)9-7(2-6)8(12)4-13-9/h1-4,12H. The minimum atomic E-state index is 0.251. The van der Waals surface area contributed by atoms with Gasteiger partial charge in [-0.1, -0.05) is 0 Å². The largest absolute Gasteiger partial charge is 0.506 e. The Balaban J connectivity index is 2.91. The summed E-state index contributed by atoms with van der Waals surface area (Å²) in [6, 6.07) is 3.68. The van der Waals surface area contributed by atoms with Crippen molar-refractivity contribution in [1.29, 1.82) is 0 Å². The van der Waals surface area contributed by atoms with Crippen molar-refractivity contribution in [3.05, 3.63) is 26.6 Å². The van der Waals surface area contributed by atoms with E-state index in [0.29, 0.717) is 5.56 Å². The highest BCUT2D eigenvalue weighted by molar-refractivity contribution is 14.1. The maximum atomic E-state index is 10.7. The van der Waals surface area contributed by atoms with E-state index in [9.17, 15) is 9.90 Å². The van der Waals surface area contributed by atoms with Crippen LogP contribution in [0.25, 0.3) is 10.1 Å². The van der Waals surface area contributed by atoms with E-state index in [-0.39, 0.29) is 5.75 Å². The predicted octanol–water partition coefficient (Wildman–Crippen LogP) is 3.02. The molecule has 0 saturated heterocycles. The zero-order chi connectivity index (χ0) is 9.42. The molecule has 0 aliphatic carbocycles. The summed E-state index contributed by atoms with van der Waals surface area (Å²) in [5.74, 6) is 0.251. The van der Waals surface area contributed by atoms with E-state index in [0.717, 1.165) is 19.9 Å². The number of aldehydes is 1. The highest BCUT2D eigenvalue weighted by Crippen LogP contribution is 2.34. The molecule has 0 atom stereocenters. The second kappa shape index (κ2) is 3.26. The molecule has 4 heteroatoms. The number of rotatable bonds is 1. The number of hydrogen-bond donors (Lipinski definition) is 1. The minimum Gasteiger partial charge on any atom is -0.506 e. The SMILES string of the molecule is O=Cc1cc(I)cc2c(O)csc12. The van der Waals surface area contributed by atoms with Crippen LogP contribution in [-0.2, 0) is 0 Å². The summed E-state index contributed by atoms with van der Waals surface area (Å²) >= 11 is 3.51. The molecule has 13 heavy (non-hydrogen) atoms. The van der Waals surface area contributed by atoms with Crippen molar-refractivity contribution < 1.29 is 9.90 Å². The summed E-state index contributed by atoms with van der Waals surface area (Å²) in [6.07, 6.45) is 0.820. The Hall–Kier alpha value is -0.620. The van der Waals surface area contributed by atoms with Crippen LogP contribution in [0.2, 0.25) is 0 Å². The summed E-state index contributed by atoms with van der Waals surface area (Å²) in [7, 11) is 0. The van der Waals surface area contributed by atoms with Gasteiger partial charge in [-0.05, 0) is 34.7 Å². The minimum absolute atomic E-state index is 0.251.